The Morgan fingerprint density at radius 2 is 2.11 bits per heavy atom. The number of pyridine rings is 2. The molecule has 1 unspecified atom stereocenters. The van der Waals surface area contributed by atoms with Crippen LogP contribution in [0.25, 0.3) is 10.2 Å². The Labute approximate surface area is 207 Å². The van der Waals surface area contributed by atoms with Crippen LogP contribution in [-0.4, -0.2) is 51.8 Å². The van der Waals surface area contributed by atoms with Gasteiger partial charge in [0.15, 0.2) is 0 Å². The second-order valence-electron chi connectivity index (χ2n) is 8.30. The molecule has 2 aliphatic rings. The molecule has 35 heavy (non-hydrogen) atoms. The van der Waals surface area contributed by atoms with Gasteiger partial charge >= 0.3 is 6.03 Å². The van der Waals surface area contributed by atoms with Gasteiger partial charge in [0.1, 0.15) is 9.71 Å². The molecule has 9 nitrogen and oxygen atoms in total. The summed E-state index contributed by atoms with van der Waals surface area (Å²) in [6.07, 6.45) is 8.99. The Morgan fingerprint density at radius 3 is 2.83 bits per heavy atom. The fourth-order valence-electron chi connectivity index (χ4n) is 4.16. The number of urea groups is 1. The molecule has 5 heterocycles. The van der Waals surface area contributed by atoms with Gasteiger partial charge in [0.05, 0.1) is 28.6 Å². The summed E-state index contributed by atoms with van der Waals surface area (Å²) in [5, 5.41) is 6.61. The highest BCUT2D eigenvalue weighted by Gasteiger charge is 2.33. The van der Waals surface area contributed by atoms with Crippen LogP contribution >= 0.6 is 11.3 Å². The molecule has 0 aromatic carbocycles. The van der Waals surface area contributed by atoms with Crippen molar-refractivity contribution in [3.63, 3.8) is 0 Å². The molecule has 5 rings (SSSR count). The number of anilines is 3. The van der Waals surface area contributed by atoms with E-state index in [-0.39, 0.29) is 23.9 Å². The van der Waals surface area contributed by atoms with Gasteiger partial charge in [0.25, 0.3) is 5.91 Å². The predicted octanol–water partition coefficient (Wildman–Crippen LogP) is 4.70. The van der Waals surface area contributed by atoms with Crippen molar-refractivity contribution >= 4 is 56.5 Å². The molecule has 2 aliphatic heterocycles. The summed E-state index contributed by atoms with van der Waals surface area (Å²) in [5.41, 5.74) is 1.73. The van der Waals surface area contributed by atoms with Gasteiger partial charge in [0, 0.05) is 31.5 Å². The van der Waals surface area contributed by atoms with E-state index < -0.39 is 0 Å². The van der Waals surface area contributed by atoms with E-state index >= 15 is 0 Å². The van der Waals surface area contributed by atoms with Crippen molar-refractivity contribution in [1.29, 1.82) is 0 Å². The highest BCUT2D eigenvalue weighted by Crippen LogP contribution is 2.45. The number of carbonyl (C=O) groups is 3. The number of carbonyl (C=O) groups excluding carboxylic acids is 3. The minimum atomic E-state index is -0.370. The standard InChI is InChI=1S/C22H20N6O3S.C3H8/c1-2-16(29)27-10-4-5-13(12-27)25-20(30)19-18-17-15(7-9-24-21(17)32-19)28(22(31)26-18)14-6-3-8-23-11-14;1-3-2/h2-3,6-9,11,13H,1,4-5,10,12H2,(H,25,30)(H,26,31);3H2,1-2H3. The number of likely N-dealkylation sites (tertiary alicyclic amines) is 1. The molecular formula is C25H28N6O3S. The normalized spacial score (nSPS) is 16.7. The SMILES string of the molecule is C=CC(=O)N1CCCC(NC(=O)c2sc3nccc4c3c2NC(=O)N4c2cccnc2)C1.CCC. The number of amides is 4. The summed E-state index contributed by atoms with van der Waals surface area (Å²) in [6, 6.07) is 4.77. The van der Waals surface area contributed by atoms with Crippen LogP contribution in [0.3, 0.4) is 0 Å². The average Bonchev–Trinajstić information content (AvgIpc) is 3.24. The largest absolute Gasteiger partial charge is 0.347 e. The lowest BCUT2D eigenvalue weighted by Gasteiger charge is -2.32. The minimum absolute atomic E-state index is 0.141. The second kappa shape index (κ2) is 10.6. The van der Waals surface area contributed by atoms with Crippen LogP contribution in [-0.2, 0) is 4.79 Å². The first-order valence-corrected chi connectivity index (χ1v) is 12.4. The van der Waals surface area contributed by atoms with E-state index in [2.05, 4.69) is 41.0 Å². The molecule has 0 spiro atoms. The van der Waals surface area contributed by atoms with Crippen molar-refractivity contribution in [3.05, 3.63) is 54.3 Å². The topological polar surface area (TPSA) is 108 Å². The molecule has 182 valence electrons. The van der Waals surface area contributed by atoms with Gasteiger partial charge in [-0.2, -0.15) is 0 Å². The average molecular weight is 493 g/mol. The van der Waals surface area contributed by atoms with E-state index in [4.69, 9.17) is 0 Å². The van der Waals surface area contributed by atoms with E-state index in [1.165, 1.54) is 28.7 Å². The van der Waals surface area contributed by atoms with Gasteiger partial charge in [0.2, 0.25) is 5.91 Å². The molecule has 1 fully saturated rings. The van der Waals surface area contributed by atoms with Gasteiger partial charge in [-0.05, 0) is 37.1 Å². The first kappa shape index (κ1) is 24.3. The number of thiophene rings is 1. The molecule has 0 bridgehead atoms. The molecule has 10 heteroatoms. The molecule has 3 aromatic heterocycles. The molecule has 0 aliphatic carbocycles. The number of rotatable bonds is 4. The number of hydrogen-bond donors (Lipinski definition) is 2. The summed E-state index contributed by atoms with van der Waals surface area (Å²) in [6.45, 7) is 8.87. The molecule has 1 saturated heterocycles. The van der Waals surface area contributed by atoms with Crippen molar-refractivity contribution in [3.8, 4) is 0 Å². The van der Waals surface area contributed by atoms with Crippen molar-refractivity contribution in [2.45, 2.75) is 39.2 Å². The monoisotopic (exact) mass is 492 g/mol. The van der Waals surface area contributed by atoms with E-state index in [0.717, 1.165) is 18.2 Å². The summed E-state index contributed by atoms with van der Waals surface area (Å²) >= 11 is 1.23. The van der Waals surface area contributed by atoms with Crippen molar-refractivity contribution in [1.82, 2.24) is 20.2 Å². The van der Waals surface area contributed by atoms with E-state index in [9.17, 15) is 14.4 Å². The lowest BCUT2D eigenvalue weighted by molar-refractivity contribution is -0.127. The molecular weight excluding hydrogens is 464 g/mol. The quantitative estimate of drug-likeness (QED) is 0.514. The van der Waals surface area contributed by atoms with Crippen LogP contribution in [0.15, 0.2) is 49.4 Å². The zero-order valence-electron chi connectivity index (χ0n) is 19.8. The summed E-state index contributed by atoms with van der Waals surface area (Å²) in [7, 11) is 0. The third kappa shape index (κ3) is 4.88. The molecule has 0 radical (unpaired) electrons. The Hall–Kier alpha value is -3.79. The maximum atomic E-state index is 13.2. The highest BCUT2D eigenvalue weighted by atomic mass is 32.1. The van der Waals surface area contributed by atoms with Gasteiger partial charge in [-0.3, -0.25) is 19.5 Å². The predicted molar refractivity (Wildman–Crippen MR) is 138 cm³/mol. The fraction of sp³-hybridized carbons (Fsp3) is 0.320. The molecule has 3 aromatic rings. The third-order valence-electron chi connectivity index (χ3n) is 5.60. The van der Waals surface area contributed by atoms with Crippen LogP contribution < -0.4 is 15.5 Å². The smallest absolute Gasteiger partial charge is 0.331 e. The Bertz CT molecular complexity index is 1260. The molecule has 2 N–H and O–H groups in total. The van der Waals surface area contributed by atoms with Gasteiger partial charge < -0.3 is 15.5 Å². The van der Waals surface area contributed by atoms with Crippen molar-refractivity contribution in [2.75, 3.05) is 23.3 Å². The minimum Gasteiger partial charge on any atom is -0.347 e. The van der Waals surface area contributed by atoms with Gasteiger partial charge in [-0.15, -0.1) is 11.3 Å². The maximum Gasteiger partial charge on any atom is 0.331 e. The first-order valence-electron chi connectivity index (χ1n) is 11.6. The Balaban J connectivity index is 0.000000917. The van der Waals surface area contributed by atoms with Crippen LogP contribution in [0.4, 0.5) is 21.9 Å². The van der Waals surface area contributed by atoms with Crippen LogP contribution in [0.5, 0.6) is 0 Å². The molecule has 0 saturated carbocycles. The number of nitrogens with zero attached hydrogens (tertiary/aromatic N) is 4. The summed E-state index contributed by atoms with van der Waals surface area (Å²) in [4.78, 5) is 50.9. The zero-order chi connectivity index (χ0) is 24.9. The number of piperidine rings is 1. The van der Waals surface area contributed by atoms with Crippen LogP contribution in [0.2, 0.25) is 0 Å². The second-order valence-corrected chi connectivity index (χ2v) is 9.30. The highest BCUT2D eigenvalue weighted by molar-refractivity contribution is 7.21. The first-order chi connectivity index (χ1) is 17.0. The zero-order valence-corrected chi connectivity index (χ0v) is 20.6. The fourth-order valence-corrected chi connectivity index (χ4v) is 5.18. The lowest BCUT2D eigenvalue weighted by atomic mass is 10.1. The van der Waals surface area contributed by atoms with Gasteiger partial charge in [-0.1, -0.05) is 26.8 Å². The molecule has 4 amide bonds. The van der Waals surface area contributed by atoms with Crippen LogP contribution in [0, 0.1) is 0 Å². The van der Waals surface area contributed by atoms with E-state index in [1.807, 2.05) is 0 Å². The number of hydrogen-bond acceptors (Lipinski definition) is 6. The lowest BCUT2D eigenvalue weighted by Crippen LogP contribution is -2.49. The number of aromatic nitrogens is 2. The Kier molecular flexibility index (Phi) is 7.40. The maximum absolute atomic E-state index is 13.2. The number of nitrogens with one attached hydrogen (secondary N) is 2. The van der Waals surface area contributed by atoms with E-state index in [1.54, 1.807) is 41.7 Å². The Morgan fingerprint density at radius 1 is 1.31 bits per heavy atom. The van der Waals surface area contributed by atoms with Gasteiger partial charge in [-0.25, -0.2) is 9.78 Å². The molecule has 1 atom stereocenters. The summed E-state index contributed by atoms with van der Waals surface area (Å²) < 4.78 is 0. The summed E-state index contributed by atoms with van der Waals surface area (Å²) in [5.74, 6) is -0.431. The van der Waals surface area contributed by atoms with E-state index in [0.29, 0.717) is 39.9 Å². The van der Waals surface area contributed by atoms with Crippen molar-refractivity contribution < 1.29 is 14.4 Å². The van der Waals surface area contributed by atoms with Crippen molar-refractivity contribution in [2.24, 2.45) is 0 Å². The van der Waals surface area contributed by atoms with Crippen LogP contribution in [0.1, 0.15) is 42.8 Å². The third-order valence-corrected chi connectivity index (χ3v) is 6.70.